The summed E-state index contributed by atoms with van der Waals surface area (Å²) in [4.78, 5) is 6.82. The number of anilines is 1. The van der Waals surface area contributed by atoms with E-state index in [4.69, 9.17) is 5.26 Å². The van der Waals surface area contributed by atoms with E-state index in [0.29, 0.717) is 11.6 Å². The van der Waals surface area contributed by atoms with E-state index in [-0.39, 0.29) is 0 Å². The molecule has 0 saturated heterocycles. The molecular formula is C13H15N3. The standard InChI is InChI=1S/C13H15N3/c14-7-11-3-6-13(15-8-11)16(12-4-5-12)9-10-1-2-10/h3,6,8,10,12H,1-2,4-5,9H2. The van der Waals surface area contributed by atoms with Crippen molar-refractivity contribution in [3.63, 3.8) is 0 Å². The van der Waals surface area contributed by atoms with Crippen molar-refractivity contribution in [2.24, 2.45) is 5.92 Å². The van der Waals surface area contributed by atoms with Crippen molar-refractivity contribution < 1.29 is 0 Å². The lowest BCUT2D eigenvalue weighted by Gasteiger charge is -2.23. The summed E-state index contributed by atoms with van der Waals surface area (Å²) >= 11 is 0. The van der Waals surface area contributed by atoms with Gasteiger partial charge in [0.05, 0.1) is 5.56 Å². The molecule has 0 atom stereocenters. The van der Waals surface area contributed by atoms with Crippen LogP contribution in [0.5, 0.6) is 0 Å². The van der Waals surface area contributed by atoms with Gasteiger partial charge in [-0.15, -0.1) is 0 Å². The minimum Gasteiger partial charge on any atom is -0.353 e. The van der Waals surface area contributed by atoms with Crippen molar-refractivity contribution in [1.82, 2.24) is 4.98 Å². The third-order valence-electron chi connectivity index (χ3n) is 3.31. The summed E-state index contributed by atoms with van der Waals surface area (Å²) in [6.45, 7) is 1.16. The average molecular weight is 213 g/mol. The van der Waals surface area contributed by atoms with Crippen LogP contribution in [0.1, 0.15) is 31.2 Å². The van der Waals surface area contributed by atoms with Crippen LogP contribution in [-0.4, -0.2) is 17.6 Å². The quantitative estimate of drug-likeness (QED) is 0.770. The number of rotatable bonds is 4. The highest BCUT2D eigenvalue weighted by molar-refractivity contribution is 5.44. The molecule has 82 valence electrons. The Kier molecular flexibility index (Phi) is 2.28. The first kappa shape index (κ1) is 9.65. The van der Waals surface area contributed by atoms with E-state index in [1.54, 1.807) is 6.20 Å². The first-order valence-corrected chi connectivity index (χ1v) is 5.99. The van der Waals surface area contributed by atoms with Gasteiger partial charge in [-0.25, -0.2) is 4.98 Å². The summed E-state index contributed by atoms with van der Waals surface area (Å²) in [6.07, 6.45) is 7.03. The lowest BCUT2D eigenvalue weighted by atomic mass is 10.3. The molecule has 2 saturated carbocycles. The van der Waals surface area contributed by atoms with Crippen LogP contribution in [0.15, 0.2) is 18.3 Å². The van der Waals surface area contributed by atoms with Crippen LogP contribution in [0.3, 0.4) is 0 Å². The number of pyridine rings is 1. The topological polar surface area (TPSA) is 39.9 Å². The number of nitrogens with zero attached hydrogens (tertiary/aromatic N) is 3. The summed E-state index contributed by atoms with van der Waals surface area (Å²) in [5.41, 5.74) is 0.644. The van der Waals surface area contributed by atoms with Crippen LogP contribution in [0.25, 0.3) is 0 Å². The Bertz CT molecular complexity index is 410. The van der Waals surface area contributed by atoms with Crippen molar-refractivity contribution in [1.29, 1.82) is 5.26 Å². The Morgan fingerprint density at radius 1 is 1.31 bits per heavy atom. The van der Waals surface area contributed by atoms with Gasteiger partial charge in [0.25, 0.3) is 0 Å². The van der Waals surface area contributed by atoms with E-state index in [2.05, 4.69) is 16.0 Å². The second kappa shape index (κ2) is 3.79. The Morgan fingerprint density at radius 3 is 2.62 bits per heavy atom. The molecule has 2 aliphatic rings. The minimum absolute atomic E-state index is 0.644. The second-order valence-corrected chi connectivity index (χ2v) is 4.84. The van der Waals surface area contributed by atoms with Gasteiger partial charge in [-0.1, -0.05) is 0 Å². The van der Waals surface area contributed by atoms with Crippen molar-refractivity contribution in [3.05, 3.63) is 23.9 Å². The van der Waals surface area contributed by atoms with E-state index in [0.717, 1.165) is 18.3 Å². The highest BCUT2D eigenvalue weighted by atomic mass is 15.2. The molecule has 16 heavy (non-hydrogen) atoms. The maximum Gasteiger partial charge on any atom is 0.128 e. The molecule has 0 bridgehead atoms. The summed E-state index contributed by atoms with van der Waals surface area (Å²) < 4.78 is 0. The molecule has 2 fully saturated rings. The molecule has 1 aromatic heterocycles. The maximum absolute atomic E-state index is 8.74. The molecule has 0 aromatic carbocycles. The van der Waals surface area contributed by atoms with Gasteiger partial charge in [-0.3, -0.25) is 0 Å². The summed E-state index contributed by atoms with van der Waals surface area (Å²) in [5, 5.41) is 8.74. The molecule has 3 heteroatoms. The predicted octanol–water partition coefficient (Wildman–Crippen LogP) is 2.33. The van der Waals surface area contributed by atoms with Gasteiger partial charge in [0.2, 0.25) is 0 Å². The SMILES string of the molecule is N#Cc1ccc(N(CC2CC2)C2CC2)nc1. The highest BCUT2D eigenvalue weighted by Crippen LogP contribution is 2.36. The minimum atomic E-state index is 0.644. The van der Waals surface area contributed by atoms with Crippen molar-refractivity contribution >= 4 is 5.82 Å². The first-order valence-electron chi connectivity index (χ1n) is 5.99. The molecule has 0 aliphatic heterocycles. The molecule has 0 unspecified atom stereocenters. The fraction of sp³-hybridized carbons (Fsp3) is 0.538. The Morgan fingerprint density at radius 2 is 2.12 bits per heavy atom. The van der Waals surface area contributed by atoms with Crippen molar-refractivity contribution in [3.8, 4) is 6.07 Å². The van der Waals surface area contributed by atoms with E-state index in [9.17, 15) is 0 Å². The fourth-order valence-corrected chi connectivity index (χ4v) is 2.02. The van der Waals surface area contributed by atoms with Crippen LogP contribution >= 0.6 is 0 Å². The van der Waals surface area contributed by atoms with E-state index in [1.165, 1.54) is 25.7 Å². The van der Waals surface area contributed by atoms with Crippen LogP contribution in [0.2, 0.25) is 0 Å². The van der Waals surface area contributed by atoms with Gasteiger partial charge < -0.3 is 4.90 Å². The largest absolute Gasteiger partial charge is 0.353 e. The molecule has 3 rings (SSSR count). The Labute approximate surface area is 95.7 Å². The normalized spacial score (nSPS) is 19.2. The Balaban J connectivity index is 1.78. The van der Waals surface area contributed by atoms with Gasteiger partial charge in [-0.2, -0.15) is 5.26 Å². The third kappa shape index (κ3) is 2.01. The molecule has 0 spiro atoms. The number of nitriles is 1. The molecule has 0 N–H and O–H groups in total. The van der Waals surface area contributed by atoms with Gasteiger partial charge in [0.1, 0.15) is 11.9 Å². The zero-order valence-electron chi connectivity index (χ0n) is 9.26. The molecule has 3 nitrogen and oxygen atoms in total. The van der Waals surface area contributed by atoms with E-state index < -0.39 is 0 Å². The maximum atomic E-state index is 8.74. The lowest BCUT2D eigenvalue weighted by molar-refractivity contribution is 0.709. The summed E-state index contributed by atoms with van der Waals surface area (Å²) in [6, 6.07) is 6.67. The van der Waals surface area contributed by atoms with Gasteiger partial charge in [0, 0.05) is 18.8 Å². The van der Waals surface area contributed by atoms with Crippen molar-refractivity contribution in [2.75, 3.05) is 11.4 Å². The second-order valence-electron chi connectivity index (χ2n) is 4.84. The molecule has 0 radical (unpaired) electrons. The van der Waals surface area contributed by atoms with Gasteiger partial charge in [0.15, 0.2) is 0 Å². The zero-order chi connectivity index (χ0) is 11.0. The highest BCUT2D eigenvalue weighted by Gasteiger charge is 2.34. The molecular weight excluding hydrogens is 198 g/mol. The van der Waals surface area contributed by atoms with Gasteiger partial charge >= 0.3 is 0 Å². The molecule has 2 aliphatic carbocycles. The lowest BCUT2D eigenvalue weighted by Crippen LogP contribution is -2.28. The monoisotopic (exact) mass is 213 g/mol. The van der Waals surface area contributed by atoms with Crippen LogP contribution in [-0.2, 0) is 0 Å². The zero-order valence-corrected chi connectivity index (χ0v) is 9.26. The number of hydrogen-bond donors (Lipinski definition) is 0. The fourth-order valence-electron chi connectivity index (χ4n) is 2.02. The van der Waals surface area contributed by atoms with E-state index in [1.807, 2.05) is 12.1 Å². The molecule has 1 heterocycles. The molecule has 1 aromatic rings. The number of hydrogen-bond acceptors (Lipinski definition) is 3. The summed E-state index contributed by atoms with van der Waals surface area (Å²) in [7, 11) is 0. The first-order chi connectivity index (χ1) is 7.86. The van der Waals surface area contributed by atoms with Crippen LogP contribution < -0.4 is 4.90 Å². The average Bonchev–Trinajstić information content (AvgIpc) is 3.16. The van der Waals surface area contributed by atoms with Crippen LogP contribution in [0, 0.1) is 17.2 Å². The van der Waals surface area contributed by atoms with Crippen LogP contribution in [0.4, 0.5) is 5.82 Å². The summed E-state index contributed by atoms with van der Waals surface area (Å²) in [5.74, 6) is 1.94. The van der Waals surface area contributed by atoms with Crippen molar-refractivity contribution in [2.45, 2.75) is 31.7 Å². The number of aromatic nitrogens is 1. The Hall–Kier alpha value is -1.56. The molecule has 0 amide bonds. The smallest absolute Gasteiger partial charge is 0.128 e. The van der Waals surface area contributed by atoms with E-state index >= 15 is 0 Å². The van der Waals surface area contributed by atoms with Gasteiger partial charge in [-0.05, 0) is 43.7 Å². The third-order valence-corrected chi connectivity index (χ3v) is 3.31. The predicted molar refractivity (Wildman–Crippen MR) is 62.0 cm³/mol.